The zero-order chi connectivity index (χ0) is 26.1. The van der Waals surface area contributed by atoms with Crippen LogP contribution < -0.4 is 5.32 Å². The first kappa shape index (κ1) is 27.5. The number of carbonyl (C=O) groups is 2. The van der Waals surface area contributed by atoms with E-state index in [-0.39, 0.29) is 36.4 Å². The van der Waals surface area contributed by atoms with Gasteiger partial charge in [-0.2, -0.15) is 4.31 Å². The zero-order valence-electron chi connectivity index (χ0n) is 20.6. The van der Waals surface area contributed by atoms with Gasteiger partial charge >= 0.3 is 0 Å². The highest BCUT2D eigenvalue weighted by Gasteiger charge is 2.29. The molecule has 0 atom stereocenters. The van der Waals surface area contributed by atoms with E-state index in [4.69, 9.17) is 4.74 Å². The van der Waals surface area contributed by atoms with Crippen LogP contribution >= 0.6 is 11.3 Å². The van der Waals surface area contributed by atoms with Gasteiger partial charge in [-0.05, 0) is 53.8 Å². The molecule has 0 saturated heterocycles. The van der Waals surface area contributed by atoms with Crippen LogP contribution in [0.1, 0.15) is 22.9 Å². The number of sulfonamides is 1. The topological polar surface area (TPSA) is 96.0 Å². The number of benzene rings is 2. The molecule has 2 aromatic carbocycles. The Morgan fingerprint density at radius 3 is 2.28 bits per heavy atom. The second-order valence-electron chi connectivity index (χ2n) is 8.30. The van der Waals surface area contributed by atoms with Crippen LogP contribution in [-0.4, -0.2) is 56.2 Å². The number of hydrogen-bond donors (Lipinski definition) is 1. The summed E-state index contributed by atoms with van der Waals surface area (Å²) >= 11 is 1.57. The van der Waals surface area contributed by atoms with Gasteiger partial charge in [0.1, 0.15) is 0 Å². The van der Waals surface area contributed by atoms with Gasteiger partial charge in [0.15, 0.2) is 0 Å². The average molecular weight is 530 g/mol. The lowest BCUT2D eigenvalue weighted by atomic mass is 10.2. The van der Waals surface area contributed by atoms with Gasteiger partial charge in [-0.15, -0.1) is 11.3 Å². The van der Waals surface area contributed by atoms with Gasteiger partial charge in [0.2, 0.25) is 21.8 Å². The van der Waals surface area contributed by atoms with Crippen molar-refractivity contribution >= 4 is 38.9 Å². The van der Waals surface area contributed by atoms with E-state index in [9.17, 15) is 18.0 Å². The number of methoxy groups -OCH3 is 1. The van der Waals surface area contributed by atoms with Crippen molar-refractivity contribution in [2.24, 2.45) is 0 Å². The number of thiophene rings is 1. The number of nitrogens with zero attached hydrogens (tertiary/aromatic N) is 2. The normalized spacial score (nSPS) is 11.4. The van der Waals surface area contributed by atoms with E-state index in [0.29, 0.717) is 18.8 Å². The van der Waals surface area contributed by atoms with Crippen molar-refractivity contribution in [1.29, 1.82) is 0 Å². The molecule has 0 fully saturated rings. The van der Waals surface area contributed by atoms with Crippen molar-refractivity contribution < 1.29 is 22.7 Å². The number of aryl methyl sites for hydroxylation is 1. The van der Waals surface area contributed by atoms with E-state index in [2.05, 4.69) is 5.32 Å². The first-order valence-corrected chi connectivity index (χ1v) is 13.7. The van der Waals surface area contributed by atoms with Crippen molar-refractivity contribution in [1.82, 2.24) is 9.21 Å². The van der Waals surface area contributed by atoms with Gasteiger partial charge in [0, 0.05) is 37.7 Å². The van der Waals surface area contributed by atoms with Gasteiger partial charge in [0.05, 0.1) is 24.6 Å². The van der Waals surface area contributed by atoms with E-state index in [1.165, 1.54) is 38.3 Å². The largest absolute Gasteiger partial charge is 0.383 e. The molecule has 1 heterocycles. The first-order valence-electron chi connectivity index (χ1n) is 11.4. The van der Waals surface area contributed by atoms with Gasteiger partial charge < -0.3 is 15.0 Å². The molecule has 0 radical (unpaired) electrons. The Balaban J connectivity index is 1.85. The van der Waals surface area contributed by atoms with Crippen molar-refractivity contribution in [3.63, 3.8) is 0 Å². The highest BCUT2D eigenvalue weighted by Crippen LogP contribution is 2.22. The van der Waals surface area contributed by atoms with Crippen LogP contribution in [0.25, 0.3) is 0 Å². The Morgan fingerprint density at radius 1 is 1.00 bits per heavy atom. The molecule has 1 aromatic heterocycles. The third-order valence-electron chi connectivity index (χ3n) is 5.54. The predicted octanol–water partition coefficient (Wildman–Crippen LogP) is 3.88. The molecular weight excluding hydrogens is 498 g/mol. The summed E-state index contributed by atoms with van der Waals surface area (Å²) in [5.74, 6) is -0.557. The average Bonchev–Trinajstić information content (AvgIpc) is 3.26. The number of anilines is 1. The number of rotatable bonds is 12. The Kier molecular flexibility index (Phi) is 9.77. The van der Waals surface area contributed by atoms with E-state index in [1.54, 1.807) is 16.2 Å². The van der Waals surface area contributed by atoms with Crippen molar-refractivity contribution in [2.45, 2.75) is 31.8 Å². The second kappa shape index (κ2) is 12.8. The number of ether oxygens (including phenoxy) is 1. The molecule has 3 rings (SSSR count). The minimum Gasteiger partial charge on any atom is -0.383 e. The smallest absolute Gasteiger partial charge is 0.243 e. The molecule has 1 N–H and O–H groups in total. The van der Waals surface area contributed by atoms with Crippen LogP contribution in [0.5, 0.6) is 0 Å². The molecule has 0 spiro atoms. The molecule has 10 heteroatoms. The maximum Gasteiger partial charge on any atom is 0.243 e. The van der Waals surface area contributed by atoms with Gasteiger partial charge in [-0.1, -0.05) is 30.3 Å². The van der Waals surface area contributed by atoms with Crippen LogP contribution in [0.4, 0.5) is 5.69 Å². The summed E-state index contributed by atoms with van der Waals surface area (Å²) in [6, 6.07) is 17.5. The van der Waals surface area contributed by atoms with Crippen molar-refractivity contribution in [3.05, 3.63) is 82.0 Å². The second-order valence-corrected chi connectivity index (χ2v) is 11.2. The fourth-order valence-electron chi connectivity index (χ4n) is 3.57. The highest BCUT2D eigenvalue weighted by atomic mass is 32.2. The highest BCUT2D eigenvalue weighted by molar-refractivity contribution is 7.89. The van der Waals surface area contributed by atoms with Gasteiger partial charge in [-0.25, -0.2) is 8.42 Å². The van der Waals surface area contributed by atoms with E-state index in [0.717, 1.165) is 20.3 Å². The molecule has 0 saturated carbocycles. The van der Waals surface area contributed by atoms with E-state index >= 15 is 0 Å². The summed E-state index contributed by atoms with van der Waals surface area (Å²) in [6.45, 7) is 3.96. The van der Waals surface area contributed by atoms with Crippen LogP contribution in [0.2, 0.25) is 0 Å². The molecule has 8 nitrogen and oxygen atoms in total. The number of carbonyl (C=O) groups excluding carboxylic acids is 2. The third kappa shape index (κ3) is 7.47. The number of amides is 2. The minimum atomic E-state index is -3.99. The molecule has 0 bridgehead atoms. The fraction of sp³-hybridized carbons (Fsp3) is 0.308. The van der Waals surface area contributed by atoms with Crippen LogP contribution in [0.15, 0.2) is 70.9 Å². The van der Waals surface area contributed by atoms with Crippen LogP contribution in [0.3, 0.4) is 0 Å². The summed E-state index contributed by atoms with van der Waals surface area (Å²) in [5, 5.41) is 4.60. The van der Waals surface area contributed by atoms with E-state index < -0.39 is 10.0 Å². The number of hydrogen-bond acceptors (Lipinski definition) is 6. The summed E-state index contributed by atoms with van der Waals surface area (Å²) in [6.07, 6.45) is 0. The lowest BCUT2D eigenvalue weighted by Crippen LogP contribution is -2.43. The van der Waals surface area contributed by atoms with Crippen LogP contribution in [-0.2, 0) is 37.4 Å². The van der Waals surface area contributed by atoms with Crippen molar-refractivity contribution in [3.8, 4) is 0 Å². The SMILES string of the molecule is COCCN(CC(=O)N(Cc1ccccc1)Cc1sccc1C)S(=O)(=O)c1ccc(NC(C)=O)cc1. The summed E-state index contributed by atoms with van der Waals surface area (Å²) in [4.78, 5) is 27.6. The molecule has 2 amide bonds. The zero-order valence-corrected chi connectivity index (χ0v) is 22.3. The molecule has 36 heavy (non-hydrogen) atoms. The number of nitrogens with one attached hydrogen (secondary N) is 1. The van der Waals surface area contributed by atoms with E-state index in [1.807, 2.05) is 48.7 Å². The van der Waals surface area contributed by atoms with Crippen LogP contribution in [0, 0.1) is 6.92 Å². The summed E-state index contributed by atoms with van der Waals surface area (Å²) in [5.41, 5.74) is 2.54. The standard InChI is InChI=1S/C26H31N3O5S2/c1-20-13-16-35-25(20)18-28(17-22-7-5-4-6-8-22)26(31)19-29(14-15-34-3)36(32,33)24-11-9-23(10-12-24)27-21(2)30/h4-13,16H,14-15,17-19H2,1-3H3,(H,27,30). The van der Waals surface area contributed by atoms with Gasteiger partial charge in [0.25, 0.3) is 0 Å². The maximum atomic E-state index is 13.5. The summed E-state index contributed by atoms with van der Waals surface area (Å²) < 4.78 is 33.2. The quantitative estimate of drug-likeness (QED) is 0.384. The first-order chi connectivity index (χ1) is 17.2. The molecule has 3 aromatic rings. The lowest BCUT2D eigenvalue weighted by molar-refractivity contribution is -0.132. The maximum absolute atomic E-state index is 13.5. The van der Waals surface area contributed by atoms with Crippen molar-refractivity contribution in [2.75, 3.05) is 32.1 Å². The third-order valence-corrected chi connectivity index (χ3v) is 8.41. The Hall–Kier alpha value is -3.05. The molecule has 0 aliphatic heterocycles. The summed E-state index contributed by atoms with van der Waals surface area (Å²) in [7, 11) is -2.51. The predicted molar refractivity (Wildman–Crippen MR) is 141 cm³/mol. The fourth-order valence-corrected chi connectivity index (χ4v) is 5.86. The minimum absolute atomic E-state index is 0.0230. The van der Waals surface area contributed by atoms with Gasteiger partial charge in [-0.3, -0.25) is 9.59 Å². The lowest BCUT2D eigenvalue weighted by Gasteiger charge is -2.27. The molecular formula is C26H31N3O5S2. The Labute approximate surface area is 216 Å². The molecule has 192 valence electrons. The Morgan fingerprint density at radius 2 is 1.69 bits per heavy atom. The Bertz CT molecular complexity index is 1260. The molecule has 0 unspecified atom stereocenters. The molecule has 0 aliphatic rings. The monoisotopic (exact) mass is 529 g/mol. The molecule has 0 aliphatic carbocycles.